The van der Waals surface area contributed by atoms with Crippen molar-refractivity contribution in [1.82, 2.24) is 19.8 Å². The van der Waals surface area contributed by atoms with Crippen LogP contribution in [0.2, 0.25) is 10.0 Å². The molecular weight excluding hydrogens is 591 g/mol. The minimum atomic E-state index is -1.02. The van der Waals surface area contributed by atoms with Gasteiger partial charge in [-0.05, 0) is 80.3 Å². The summed E-state index contributed by atoms with van der Waals surface area (Å²) in [6.07, 6.45) is 3.45. The Bertz CT molecular complexity index is 1770. The first-order valence-electron chi connectivity index (χ1n) is 14.1. The normalized spacial score (nSPS) is 14.1. The Kier molecular flexibility index (Phi) is 9.34. The molecule has 2 N–H and O–H groups in total. The van der Waals surface area contributed by atoms with Crippen molar-refractivity contribution in [1.29, 1.82) is 0 Å². The lowest BCUT2D eigenvalue weighted by atomic mass is 10.0. The number of aryl methyl sites for hydroxylation is 1. The molecule has 5 rings (SSSR count). The molecule has 11 heteroatoms. The summed E-state index contributed by atoms with van der Waals surface area (Å²) < 4.78 is 8.31. The van der Waals surface area contributed by atoms with Crippen LogP contribution in [0.5, 0.6) is 0 Å². The summed E-state index contributed by atoms with van der Waals surface area (Å²) in [5.41, 5.74) is 1.74. The standard InChI is InChI=1S/C32H32Cl2N4O5/c1-35-18-20-12-15-23-27(17-20)37(2)32(42)38(30(23)40)21-13-10-19(11-14-21)16-26(31(41)43-22-6-3-4-7-22)36-29(39)28-24(33)8-5-9-25(28)34/h5,8-15,17,22,26,35H,3-4,6-7,16,18H2,1-2H3,(H,36,39)/t26-/m0/s1. The molecule has 0 unspecified atom stereocenters. The lowest BCUT2D eigenvalue weighted by Gasteiger charge is -2.21. The average Bonchev–Trinajstić information content (AvgIpc) is 3.49. The van der Waals surface area contributed by atoms with Crippen molar-refractivity contribution in [2.24, 2.45) is 7.05 Å². The number of esters is 1. The minimum absolute atomic E-state index is 0.0736. The van der Waals surface area contributed by atoms with Gasteiger partial charge in [0, 0.05) is 20.0 Å². The van der Waals surface area contributed by atoms with Crippen LogP contribution in [-0.4, -0.2) is 40.2 Å². The van der Waals surface area contributed by atoms with Gasteiger partial charge in [-0.2, -0.15) is 0 Å². The van der Waals surface area contributed by atoms with Gasteiger partial charge in [-0.15, -0.1) is 0 Å². The highest BCUT2D eigenvalue weighted by Crippen LogP contribution is 2.25. The van der Waals surface area contributed by atoms with Gasteiger partial charge in [0.2, 0.25) is 0 Å². The van der Waals surface area contributed by atoms with Gasteiger partial charge in [-0.25, -0.2) is 14.2 Å². The quantitative estimate of drug-likeness (QED) is 0.265. The van der Waals surface area contributed by atoms with Crippen molar-refractivity contribution in [2.45, 2.75) is 50.8 Å². The van der Waals surface area contributed by atoms with E-state index in [-0.39, 0.29) is 28.1 Å². The molecule has 43 heavy (non-hydrogen) atoms. The Balaban J connectivity index is 1.43. The molecule has 1 atom stereocenters. The second-order valence-electron chi connectivity index (χ2n) is 10.7. The number of ether oxygens (including phenoxy) is 1. The number of nitrogens with one attached hydrogen (secondary N) is 2. The van der Waals surface area contributed by atoms with Crippen LogP contribution in [0.15, 0.2) is 70.3 Å². The molecule has 0 radical (unpaired) electrons. The molecule has 1 aromatic heterocycles. The van der Waals surface area contributed by atoms with Crippen LogP contribution in [-0.2, 0) is 29.5 Å². The van der Waals surface area contributed by atoms with E-state index in [1.54, 1.807) is 55.6 Å². The maximum absolute atomic E-state index is 13.4. The SMILES string of the molecule is CNCc1ccc2c(=O)n(-c3ccc(C[C@H](NC(=O)c4c(Cl)cccc4Cl)C(=O)OC4CCCC4)cc3)c(=O)n(C)c2c1. The van der Waals surface area contributed by atoms with Gasteiger partial charge in [0.25, 0.3) is 11.5 Å². The maximum atomic E-state index is 13.4. The molecule has 1 saturated carbocycles. The van der Waals surface area contributed by atoms with Crippen LogP contribution < -0.4 is 21.9 Å². The summed E-state index contributed by atoms with van der Waals surface area (Å²) in [6, 6.07) is 15.8. The zero-order chi connectivity index (χ0) is 30.7. The number of benzene rings is 3. The summed E-state index contributed by atoms with van der Waals surface area (Å²) in [5, 5.41) is 6.56. The number of hydrogen-bond acceptors (Lipinski definition) is 6. The predicted molar refractivity (Wildman–Crippen MR) is 167 cm³/mol. The van der Waals surface area contributed by atoms with Gasteiger partial charge in [0.15, 0.2) is 0 Å². The molecule has 1 fully saturated rings. The summed E-state index contributed by atoms with van der Waals surface area (Å²) in [4.78, 5) is 53.1. The number of carbonyl (C=O) groups is 2. The average molecular weight is 624 g/mol. The Morgan fingerprint density at radius 2 is 1.63 bits per heavy atom. The van der Waals surface area contributed by atoms with Crippen molar-refractivity contribution in [3.8, 4) is 5.69 Å². The van der Waals surface area contributed by atoms with Gasteiger partial charge in [0.1, 0.15) is 12.1 Å². The van der Waals surface area contributed by atoms with Crippen molar-refractivity contribution < 1.29 is 14.3 Å². The highest BCUT2D eigenvalue weighted by Gasteiger charge is 2.29. The van der Waals surface area contributed by atoms with E-state index < -0.39 is 29.2 Å². The number of hydrogen-bond donors (Lipinski definition) is 2. The first-order chi connectivity index (χ1) is 20.7. The van der Waals surface area contributed by atoms with E-state index in [4.69, 9.17) is 27.9 Å². The van der Waals surface area contributed by atoms with E-state index in [9.17, 15) is 19.2 Å². The van der Waals surface area contributed by atoms with Gasteiger partial charge in [0.05, 0.1) is 32.2 Å². The van der Waals surface area contributed by atoms with Crippen LogP contribution >= 0.6 is 23.2 Å². The zero-order valence-corrected chi connectivity index (χ0v) is 25.4. The fraction of sp³-hybridized carbons (Fsp3) is 0.312. The first-order valence-corrected chi connectivity index (χ1v) is 14.9. The Morgan fingerprint density at radius 1 is 0.977 bits per heavy atom. The van der Waals surface area contributed by atoms with E-state index >= 15 is 0 Å². The van der Waals surface area contributed by atoms with Gasteiger partial charge in [-0.3, -0.25) is 14.2 Å². The smallest absolute Gasteiger partial charge is 0.335 e. The van der Waals surface area contributed by atoms with Crippen LogP contribution in [0, 0.1) is 0 Å². The molecular formula is C32H32Cl2N4O5. The van der Waals surface area contributed by atoms with E-state index in [0.717, 1.165) is 35.8 Å². The molecule has 224 valence electrons. The zero-order valence-electron chi connectivity index (χ0n) is 23.9. The van der Waals surface area contributed by atoms with Gasteiger partial charge in [-0.1, -0.05) is 47.5 Å². The maximum Gasteiger partial charge on any atom is 0.335 e. The fourth-order valence-corrected chi connectivity index (χ4v) is 6.01. The monoisotopic (exact) mass is 622 g/mol. The highest BCUT2D eigenvalue weighted by molar-refractivity contribution is 6.39. The number of amides is 1. The fourth-order valence-electron chi connectivity index (χ4n) is 5.45. The van der Waals surface area contributed by atoms with Crippen LogP contribution in [0.25, 0.3) is 16.6 Å². The summed E-state index contributed by atoms with van der Waals surface area (Å²) in [6.45, 7) is 0.607. The Morgan fingerprint density at radius 3 is 2.28 bits per heavy atom. The summed E-state index contributed by atoms with van der Waals surface area (Å²) in [7, 11) is 3.46. The Hall–Kier alpha value is -3.92. The molecule has 3 aromatic carbocycles. The lowest BCUT2D eigenvalue weighted by molar-refractivity contribution is -0.151. The number of carbonyl (C=O) groups excluding carboxylic acids is 2. The number of rotatable bonds is 9. The van der Waals surface area contributed by atoms with Crippen molar-refractivity contribution >= 4 is 46.0 Å². The van der Waals surface area contributed by atoms with Crippen LogP contribution in [0.4, 0.5) is 0 Å². The van der Waals surface area contributed by atoms with Crippen molar-refractivity contribution in [3.05, 3.63) is 108 Å². The molecule has 0 saturated heterocycles. The summed E-state index contributed by atoms with van der Waals surface area (Å²) >= 11 is 12.5. The van der Waals surface area contributed by atoms with Crippen molar-refractivity contribution in [3.63, 3.8) is 0 Å². The molecule has 0 bridgehead atoms. The number of nitrogens with zero attached hydrogens (tertiary/aromatic N) is 2. The van der Waals surface area contributed by atoms with Crippen LogP contribution in [0.1, 0.15) is 47.2 Å². The van der Waals surface area contributed by atoms with E-state index in [0.29, 0.717) is 28.7 Å². The molecule has 1 aliphatic carbocycles. The third kappa shape index (κ3) is 6.54. The van der Waals surface area contributed by atoms with E-state index in [1.165, 1.54) is 4.57 Å². The molecule has 0 spiro atoms. The molecule has 1 aliphatic rings. The second-order valence-corrected chi connectivity index (χ2v) is 11.5. The van der Waals surface area contributed by atoms with Gasteiger partial charge < -0.3 is 15.4 Å². The third-order valence-electron chi connectivity index (χ3n) is 7.72. The third-order valence-corrected chi connectivity index (χ3v) is 8.35. The first kappa shape index (κ1) is 30.5. The highest BCUT2D eigenvalue weighted by atomic mass is 35.5. The number of halogens is 2. The molecule has 9 nitrogen and oxygen atoms in total. The van der Waals surface area contributed by atoms with Gasteiger partial charge >= 0.3 is 11.7 Å². The second kappa shape index (κ2) is 13.2. The number of fused-ring (bicyclic) bond motifs is 1. The van der Waals surface area contributed by atoms with Crippen molar-refractivity contribution in [2.75, 3.05) is 7.05 Å². The van der Waals surface area contributed by atoms with Crippen LogP contribution in [0.3, 0.4) is 0 Å². The van der Waals surface area contributed by atoms with E-state index in [1.807, 2.05) is 19.2 Å². The summed E-state index contributed by atoms with van der Waals surface area (Å²) in [5.74, 6) is -1.14. The minimum Gasteiger partial charge on any atom is -0.461 e. The number of aromatic nitrogens is 2. The molecule has 1 amide bonds. The lowest BCUT2D eigenvalue weighted by Crippen LogP contribution is -2.44. The Labute approximate surface area is 258 Å². The molecule has 0 aliphatic heterocycles. The largest absolute Gasteiger partial charge is 0.461 e. The molecule has 1 heterocycles. The topological polar surface area (TPSA) is 111 Å². The predicted octanol–water partition coefficient (Wildman–Crippen LogP) is 4.54. The van der Waals surface area contributed by atoms with E-state index in [2.05, 4.69) is 10.6 Å². The molecule has 4 aromatic rings.